The lowest BCUT2D eigenvalue weighted by Crippen LogP contribution is -2.35. The van der Waals surface area contributed by atoms with Gasteiger partial charge >= 0.3 is 6.09 Å². The first-order chi connectivity index (χ1) is 12.5. The highest BCUT2D eigenvalue weighted by Crippen LogP contribution is 2.46. The molecule has 1 saturated heterocycles. The quantitative estimate of drug-likeness (QED) is 0.809. The maximum atomic E-state index is 14.7. The molecule has 1 fully saturated rings. The fourth-order valence-corrected chi connectivity index (χ4v) is 4.26. The summed E-state index contributed by atoms with van der Waals surface area (Å²) in [5.41, 5.74) is 2.65. The minimum atomic E-state index is -0.484. The van der Waals surface area contributed by atoms with Gasteiger partial charge in [0.2, 0.25) is 5.91 Å². The Bertz CT molecular complexity index is 929. The van der Waals surface area contributed by atoms with Gasteiger partial charge in [-0.05, 0) is 24.0 Å². The van der Waals surface area contributed by atoms with E-state index in [1.54, 1.807) is 24.1 Å². The zero-order valence-corrected chi connectivity index (χ0v) is 14.1. The van der Waals surface area contributed by atoms with E-state index in [1.165, 1.54) is 15.9 Å². The van der Waals surface area contributed by atoms with E-state index in [4.69, 9.17) is 4.74 Å². The second-order valence-corrected chi connectivity index (χ2v) is 6.82. The molecular formula is C17H16FN5O3. The van der Waals surface area contributed by atoms with E-state index in [0.29, 0.717) is 37.2 Å². The number of amides is 2. The summed E-state index contributed by atoms with van der Waals surface area (Å²) in [5, 5.41) is 7.69. The van der Waals surface area contributed by atoms with Crippen molar-refractivity contribution in [3.63, 3.8) is 0 Å². The molecule has 4 heterocycles. The van der Waals surface area contributed by atoms with Crippen LogP contribution in [0.25, 0.3) is 0 Å². The smallest absolute Gasteiger partial charge is 0.415 e. The maximum Gasteiger partial charge on any atom is 0.415 e. The first-order valence-corrected chi connectivity index (χ1v) is 8.49. The largest absolute Gasteiger partial charge is 0.442 e. The lowest BCUT2D eigenvalue weighted by Gasteiger charge is -2.28. The third kappa shape index (κ3) is 2.00. The molecule has 1 aromatic heterocycles. The van der Waals surface area contributed by atoms with Crippen LogP contribution in [-0.2, 0) is 28.9 Å². The Morgan fingerprint density at radius 2 is 2.15 bits per heavy atom. The number of cyclic esters (lactones) is 1. The highest BCUT2D eigenvalue weighted by Gasteiger charge is 2.49. The Morgan fingerprint density at radius 1 is 1.31 bits per heavy atom. The van der Waals surface area contributed by atoms with E-state index in [9.17, 15) is 14.0 Å². The lowest BCUT2D eigenvalue weighted by molar-refractivity contribution is -0.118. The normalized spacial score (nSPS) is 23.8. The highest BCUT2D eigenvalue weighted by atomic mass is 19.1. The predicted octanol–water partition coefficient (Wildman–Crippen LogP) is 1.28. The summed E-state index contributed by atoms with van der Waals surface area (Å²) in [6.45, 7) is 0.393. The number of hydrogen-bond donors (Lipinski definition) is 0. The first kappa shape index (κ1) is 15.3. The molecular weight excluding hydrogens is 341 g/mol. The van der Waals surface area contributed by atoms with E-state index < -0.39 is 18.0 Å². The van der Waals surface area contributed by atoms with Gasteiger partial charge < -0.3 is 9.64 Å². The molecule has 134 valence electrons. The number of carbonyl (C=O) groups is 2. The van der Waals surface area contributed by atoms with Gasteiger partial charge in [0.1, 0.15) is 11.9 Å². The van der Waals surface area contributed by atoms with E-state index in [2.05, 4.69) is 10.3 Å². The number of rotatable bonds is 2. The van der Waals surface area contributed by atoms with Crippen LogP contribution in [0, 0.1) is 5.82 Å². The van der Waals surface area contributed by atoms with Gasteiger partial charge in [-0.15, -0.1) is 5.10 Å². The van der Waals surface area contributed by atoms with Crippen LogP contribution in [0.5, 0.6) is 0 Å². The molecule has 26 heavy (non-hydrogen) atoms. The summed E-state index contributed by atoms with van der Waals surface area (Å²) in [4.78, 5) is 27.3. The lowest BCUT2D eigenvalue weighted by atomic mass is 9.92. The number of anilines is 2. The molecule has 2 atom stereocenters. The van der Waals surface area contributed by atoms with Gasteiger partial charge in [0.25, 0.3) is 0 Å². The van der Waals surface area contributed by atoms with Crippen LogP contribution in [-0.4, -0.2) is 46.2 Å². The van der Waals surface area contributed by atoms with E-state index in [1.807, 2.05) is 0 Å². The Kier molecular flexibility index (Phi) is 3.10. The van der Waals surface area contributed by atoms with Gasteiger partial charge in [-0.2, -0.15) is 0 Å². The molecule has 8 nitrogen and oxygen atoms in total. The van der Waals surface area contributed by atoms with Gasteiger partial charge in [-0.25, -0.2) is 13.9 Å². The van der Waals surface area contributed by atoms with Gasteiger partial charge in [0.05, 0.1) is 30.2 Å². The second kappa shape index (κ2) is 5.26. The summed E-state index contributed by atoms with van der Waals surface area (Å²) in [5.74, 6) is -0.583. The van der Waals surface area contributed by atoms with Crippen LogP contribution in [0.3, 0.4) is 0 Å². The number of hydrogen-bond acceptors (Lipinski definition) is 5. The van der Waals surface area contributed by atoms with E-state index in [0.717, 1.165) is 11.1 Å². The average molecular weight is 357 g/mol. The minimum absolute atomic E-state index is 0.0988. The SMILES string of the molecule is CN1C(=O)CCc2c3c(cc(F)c21)N1C(=O)O[C@@H](Cn2ccnn2)[C@@H]1C3. The highest BCUT2D eigenvalue weighted by molar-refractivity contribution is 5.99. The second-order valence-electron chi connectivity index (χ2n) is 6.82. The number of aromatic nitrogens is 3. The molecule has 2 amide bonds. The van der Waals surface area contributed by atoms with Crippen molar-refractivity contribution >= 4 is 23.4 Å². The average Bonchev–Trinajstić information content (AvgIpc) is 3.30. The Labute approximate surface area is 148 Å². The monoisotopic (exact) mass is 357 g/mol. The topological polar surface area (TPSA) is 80.6 Å². The fraction of sp³-hybridized carbons (Fsp3) is 0.412. The zero-order valence-electron chi connectivity index (χ0n) is 14.1. The molecule has 0 aliphatic carbocycles. The summed E-state index contributed by atoms with van der Waals surface area (Å²) in [6, 6.07) is 1.14. The summed E-state index contributed by atoms with van der Waals surface area (Å²) >= 11 is 0. The third-order valence-corrected chi connectivity index (χ3v) is 5.47. The van der Waals surface area contributed by atoms with Crippen molar-refractivity contribution in [2.24, 2.45) is 0 Å². The van der Waals surface area contributed by atoms with Crippen LogP contribution in [0.4, 0.5) is 20.6 Å². The fourth-order valence-electron chi connectivity index (χ4n) is 4.26. The number of halogens is 1. The molecule has 9 heteroatoms. The van der Waals surface area contributed by atoms with Gasteiger partial charge in [0, 0.05) is 25.7 Å². The number of carbonyl (C=O) groups excluding carboxylic acids is 2. The van der Waals surface area contributed by atoms with Gasteiger partial charge in [0.15, 0.2) is 0 Å². The predicted molar refractivity (Wildman–Crippen MR) is 88.4 cm³/mol. The van der Waals surface area contributed by atoms with Crippen molar-refractivity contribution in [2.75, 3.05) is 16.8 Å². The molecule has 3 aliphatic heterocycles. The number of nitrogens with zero attached hydrogens (tertiary/aromatic N) is 5. The Morgan fingerprint density at radius 3 is 2.92 bits per heavy atom. The van der Waals surface area contributed by atoms with Gasteiger partial charge in [-0.3, -0.25) is 9.69 Å². The molecule has 1 aromatic carbocycles. The number of ether oxygens (including phenoxy) is 1. The minimum Gasteiger partial charge on any atom is -0.442 e. The molecule has 0 N–H and O–H groups in total. The molecule has 0 spiro atoms. The van der Waals surface area contributed by atoms with Crippen LogP contribution < -0.4 is 9.80 Å². The Balaban J connectivity index is 1.55. The maximum absolute atomic E-state index is 14.7. The zero-order chi connectivity index (χ0) is 18.0. The molecule has 3 aliphatic rings. The van der Waals surface area contributed by atoms with Crippen LogP contribution >= 0.6 is 0 Å². The number of fused-ring (bicyclic) bond motifs is 5. The molecule has 0 radical (unpaired) electrons. The van der Waals surface area contributed by atoms with Crippen LogP contribution in [0.15, 0.2) is 18.5 Å². The van der Waals surface area contributed by atoms with Crippen molar-refractivity contribution in [3.8, 4) is 0 Å². The number of benzene rings is 1. The first-order valence-electron chi connectivity index (χ1n) is 8.49. The molecule has 0 saturated carbocycles. The van der Waals surface area contributed by atoms with E-state index in [-0.39, 0.29) is 11.9 Å². The van der Waals surface area contributed by atoms with Gasteiger partial charge in [-0.1, -0.05) is 5.21 Å². The van der Waals surface area contributed by atoms with Crippen molar-refractivity contribution in [1.82, 2.24) is 15.0 Å². The summed E-state index contributed by atoms with van der Waals surface area (Å²) in [6.07, 6.45) is 3.82. The molecule has 5 rings (SSSR count). The Hall–Kier alpha value is -2.97. The molecule has 2 aromatic rings. The van der Waals surface area contributed by atoms with Crippen molar-refractivity contribution in [1.29, 1.82) is 0 Å². The van der Waals surface area contributed by atoms with Crippen LogP contribution in [0.2, 0.25) is 0 Å². The molecule has 0 bridgehead atoms. The van der Waals surface area contributed by atoms with Crippen molar-refractivity contribution in [2.45, 2.75) is 38.0 Å². The van der Waals surface area contributed by atoms with Crippen LogP contribution in [0.1, 0.15) is 17.5 Å². The third-order valence-electron chi connectivity index (χ3n) is 5.47. The standard InChI is InChI=1S/C17H16FN5O3/c1-21-15(24)3-2-9-10-6-13-14(8-22-5-4-19-20-22)26-17(25)23(13)12(10)7-11(18)16(9)21/h4-5,7,13-14H,2-3,6,8H2,1H3/t13-,14-/m0/s1. The van der Waals surface area contributed by atoms with E-state index >= 15 is 0 Å². The van der Waals surface area contributed by atoms with Crippen molar-refractivity contribution < 1.29 is 18.7 Å². The summed E-state index contributed by atoms with van der Waals surface area (Å²) < 4.78 is 21.9. The molecule has 0 unspecified atom stereocenters. The summed E-state index contributed by atoms with van der Waals surface area (Å²) in [7, 11) is 1.59. The van der Waals surface area contributed by atoms with Crippen molar-refractivity contribution in [3.05, 3.63) is 35.4 Å².